The first-order chi connectivity index (χ1) is 16.1. The van der Waals surface area contributed by atoms with Gasteiger partial charge in [0.05, 0.1) is 35.4 Å². The van der Waals surface area contributed by atoms with Crippen molar-refractivity contribution in [3.8, 4) is 11.5 Å². The van der Waals surface area contributed by atoms with Gasteiger partial charge in [-0.2, -0.15) is 0 Å². The number of amides is 1. The molecule has 3 aromatic carbocycles. The van der Waals surface area contributed by atoms with E-state index in [0.29, 0.717) is 32.8 Å². The molecule has 1 unspecified atom stereocenters. The van der Waals surface area contributed by atoms with E-state index in [1.54, 1.807) is 18.2 Å². The van der Waals surface area contributed by atoms with Crippen molar-refractivity contribution >= 4 is 44.3 Å². The Hall–Kier alpha value is -3.10. The molecule has 1 aliphatic heterocycles. The molecule has 4 rings (SSSR count). The molecular weight excluding hydrogens is 502 g/mol. The number of carbonyl (C=O) groups excluding carboxylic acids is 1. The molecule has 8 heteroatoms. The topological polar surface area (TPSA) is 96.3 Å². The average Bonchev–Trinajstić information content (AvgIpc) is 3.00. The van der Waals surface area contributed by atoms with Crippen molar-refractivity contribution in [3.63, 3.8) is 0 Å². The Morgan fingerprint density at radius 2 is 1.62 bits per heavy atom. The number of carboxylic acid groups (broad SMARTS) is 1. The molecule has 0 saturated carbocycles. The predicted molar refractivity (Wildman–Crippen MR) is 133 cm³/mol. The van der Waals surface area contributed by atoms with Gasteiger partial charge >= 0.3 is 5.97 Å². The summed E-state index contributed by atoms with van der Waals surface area (Å²) in [5.41, 5.74) is 1.60. The minimum absolute atomic E-state index is 0.153. The standard InChI is InChI=1S/C26H26BrNO6/c1-13(2)33-23-16-7-5-6-8-17(16)24(34-14(3)4)22-21(23)25(31)28(26(22)32)19-10-9-15(11-18(19)27)12-20(29)30/h5-11,13-14,25,31H,12H2,1-4H3,(H,29,30). The van der Waals surface area contributed by atoms with Crippen molar-refractivity contribution in [2.75, 3.05) is 4.90 Å². The zero-order valence-electron chi connectivity index (χ0n) is 19.3. The summed E-state index contributed by atoms with van der Waals surface area (Å²) in [5, 5.41) is 22.0. The van der Waals surface area contributed by atoms with Crippen LogP contribution < -0.4 is 14.4 Å². The number of nitrogens with zero attached hydrogens (tertiary/aromatic N) is 1. The van der Waals surface area contributed by atoms with Gasteiger partial charge in [-0.05, 0) is 61.3 Å². The average molecular weight is 528 g/mol. The van der Waals surface area contributed by atoms with Crippen LogP contribution >= 0.6 is 15.9 Å². The van der Waals surface area contributed by atoms with Gasteiger partial charge < -0.3 is 19.7 Å². The van der Waals surface area contributed by atoms with Crippen molar-refractivity contribution in [3.05, 3.63) is 63.6 Å². The quantitative estimate of drug-likeness (QED) is 0.423. The summed E-state index contributed by atoms with van der Waals surface area (Å²) >= 11 is 3.45. The molecule has 1 heterocycles. The second kappa shape index (κ2) is 9.27. The normalized spacial score (nSPS) is 15.4. The van der Waals surface area contributed by atoms with E-state index in [2.05, 4.69) is 15.9 Å². The first kappa shape index (κ1) is 24.0. The van der Waals surface area contributed by atoms with Crippen LogP contribution in [0.3, 0.4) is 0 Å². The third-order valence-electron chi connectivity index (χ3n) is 5.43. The number of fused-ring (bicyclic) bond motifs is 2. The summed E-state index contributed by atoms with van der Waals surface area (Å²) < 4.78 is 12.8. The Morgan fingerprint density at radius 1 is 1.03 bits per heavy atom. The number of carbonyl (C=O) groups is 2. The number of hydrogen-bond donors (Lipinski definition) is 2. The maximum absolute atomic E-state index is 13.8. The highest BCUT2D eigenvalue weighted by molar-refractivity contribution is 9.10. The van der Waals surface area contributed by atoms with Gasteiger partial charge in [0.25, 0.3) is 5.91 Å². The lowest BCUT2D eigenvalue weighted by Gasteiger charge is -2.24. The molecule has 0 fully saturated rings. The fourth-order valence-corrected chi connectivity index (χ4v) is 4.82. The van der Waals surface area contributed by atoms with Gasteiger partial charge in [0.1, 0.15) is 11.5 Å². The third kappa shape index (κ3) is 4.23. The van der Waals surface area contributed by atoms with E-state index in [1.807, 2.05) is 52.0 Å². The highest BCUT2D eigenvalue weighted by Gasteiger charge is 2.44. The zero-order chi connectivity index (χ0) is 24.7. The van der Waals surface area contributed by atoms with E-state index in [9.17, 15) is 14.7 Å². The maximum Gasteiger partial charge on any atom is 0.307 e. The fraction of sp³-hybridized carbons (Fsp3) is 0.308. The van der Waals surface area contributed by atoms with Gasteiger partial charge in [-0.25, -0.2) is 0 Å². The second-order valence-corrected chi connectivity index (χ2v) is 9.59. The molecule has 0 radical (unpaired) electrons. The van der Waals surface area contributed by atoms with Crippen molar-refractivity contribution in [1.29, 1.82) is 0 Å². The third-order valence-corrected chi connectivity index (χ3v) is 6.06. The molecule has 178 valence electrons. The van der Waals surface area contributed by atoms with Gasteiger partial charge in [-0.1, -0.05) is 30.3 Å². The zero-order valence-corrected chi connectivity index (χ0v) is 20.9. The van der Waals surface area contributed by atoms with Gasteiger partial charge in [-0.15, -0.1) is 0 Å². The Kier molecular flexibility index (Phi) is 6.55. The lowest BCUT2D eigenvalue weighted by Crippen LogP contribution is -2.28. The molecule has 0 bridgehead atoms. The Labute approximate surface area is 206 Å². The first-order valence-corrected chi connectivity index (χ1v) is 11.8. The largest absolute Gasteiger partial charge is 0.490 e. The van der Waals surface area contributed by atoms with Crippen molar-refractivity contribution in [2.45, 2.75) is 52.6 Å². The number of hydrogen-bond acceptors (Lipinski definition) is 5. The van der Waals surface area contributed by atoms with Gasteiger partial charge in [-0.3, -0.25) is 14.5 Å². The number of aliphatic hydroxyl groups excluding tert-OH is 1. The van der Waals surface area contributed by atoms with E-state index >= 15 is 0 Å². The molecule has 0 saturated heterocycles. The molecule has 0 aliphatic carbocycles. The number of aliphatic carboxylic acids is 1. The SMILES string of the molecule is CC(C)Oc1c2c(c(OC(C)C)c3ccccc13)C(O)N(c1ccc(CC(=O)O)cc1Br)C2=O. The summed E-state index contributed by atoms with van der Waals surface area (Å²) in [7, 11) is 0. The highest BCUT2D eigenvalue weighted by atomic mass is 79.9. The maximum atomic E-state index is 13.8. The van der Waals surface area contributed by atoms with Crippen LogP contribution in [-0.4, -0.2) is 34.3 Å². The van der Waals surface area contributed by atoms with Crippen molar-refractivity contribution in [2.24, 2.45) is 0 Å². The smallest absolute Gasteiger partial charge is 0.307 e. The Morgan fingerprint density at radius 3 is 2.18 bits per heavy atom. The van der Waals surface area contributed by atoms with Crippen LogP contribution in [0.2, 0.25) is 0 Å². The lowest BCUT2D eigenvalue weighted by atomic mass is 9.98. The predicted octanol–water partition coefficient (Wildman–Crippen LogP) is 5.46. The van der Waals surface area contributed by atoms with Crippen LogP contribution in [0.4, 0.5) is 5.69 Å². The number of aliphatic hydroxyl groups is 1. The van der Waals surface area contributed by atoms with Crippen LogP contribution in [0.15, 0.2) is 46.9 Å². The van der Waals surface area contributed by atoms with Crippen LogP contribution in [0, 0.1) is 0 Å². The molecule has 34 heavy (non-hydrogen) atoms. The molecule has 3 aromatic rings. The fourth-order valence-electron chi connectivity index (χ4n) is 4.21. The lowest BCUT2D eigenvalue weighted by molar-refractivity contribution is -0.136. The summed E-state index contributed by atoms with van der Waals surface area (Å²) in [6.45, 7) is 7.53. The van der Waals surface area contributed by atoms with E-state index in [-0.39, 0.29) is 24.2 Å². The molecule has 2 N–H and O–H groups in total. The molecule has 1 amide bonds. The Balaban J connectivity index is 1.95. The first-order valence-electron chi connectivity index (χ1n) is 11.0. The number of halogens is 1. The number of rotatable bonds is 7. The summed E-state index contributed by atoms with van der Waals surface area (Å²) in [6.07, 6.45) is -1.87. The molecular formula is C26H26BrNO6. The molecule has 1 aliphatic rings. The molecule has 0 aromatic heterocycles. The van der Waals surface area contributed by atoms with Crippen LogP contribution in [-0.2, 0) is 11.2 Å². The molecule has 1 atom stereocenters. The van der Waals surface area contributed by atoms with E-state index in [0.717, 1.165) is 10.8 Å². The van der Waals surface area contributed by atoms with Gasteiger partial charge in [0.2, 0.25) is 0 Å². The number of anilines is 1. The van der Waals surface area contributed by atoms with E-state index < -0.39 is 18.1 Å². The van der Waals surface area contributed by atoms with Crippen LogP contribution in [0.5, 0.6) is 11.5 Å². The summed E-state index contributed by atoms with van der Waals surface area (Å²) in [6, 6.07) is 12.4. The van der Waals surface area contributed by atoms with Crippen molar-refractivity contribution in [1.82, 2.24) is 0 Å². The number of ether oxygens (including phenoxy) is 2. The Bertz CT molecular complexity index is 1290. The van der Waals surface area contributed by atoms with Gasteiger partial charge in [0.15, 0.2) is 6.23 Å². The van der Waals surface area contributed by atoms with Crippen LogP contribution in [0.25, 0.3) is 10.8 Å². The van der Waals surface area contributed by atoms with E-state index in [1.165, 1.54) is 4.90 Å². The van der Waals surface area contributed by atoms with Crippen LogP contribution in [0.1, 0.15) is 55.4 Å². The minimum atomic E-state index is -1.32. The van der Waals surface area contributed by atoms with E-state index in [4.69, 9.17) is 14.6 Å². The number of carboxylic acids is 1. The minimum Gasteiger partial charge on any atom is -0.490 e. The molecule has 0 spiro atoms. The molecule has 7 nitrogen and oxygen atoms in total. The van der Waals surface area contributed by atoms with Gasteiger partial charge in [0, 0.05) is 15.2 Å². The summed E-state index contributed by atoms with van der Waals surface area (Å²) in [4.78, 5) is 26.2. The number of benzene rings is 3. The second-order valence-electron chi connectivity index (χ2n) is 8.73. The van der Waals surface area contributed by atoms with Crippen molar-refractivity contribution < 1.29 is 29.3 Å². The monoisotopic (exact) mass is 527 g/mol. The highest BCUT2D eigenvalue weighted by Crippen LogP contribution is 2.51. The summed E-state index contributed by atoms with van der Waals surface area (Å²) in [5.74, 6) is -0.535.